The molecule has 3 aromatic carbocycles. The van der Waals surface area contributed by atoms with Gasteiger partial charge >= 0.3 is 18.7 Å². The Kier molecular flexibility index (Phi) is 8.32. The first kappa shape index (κ1) is 25.8. The number of ether oxygens (including phenoxy) is 2. The Balaban J connectivity index is 1.34. The van der Waals surface area contributed by atoms with Crippen LogP contribution in [-0.4, -0.2) is 42.2 Å². The number of carbonyl (C=O) groups excluding carboxylic acids is 1. The molecule has 3 aromatic rings. The molecule has 0 aliphatic heterocycles. The number of carboxylic acids is 1. The fourth-order valence-electron chi connectivity index (χ4n) is 4.12. The van der Waals surface area contributed by atoms with Gasteiger partial charge in [0.1, 0.15) is 18.4 Å². The van der Waals surface area contributed by atoms with Crippen LogP contribution in [0, 0.1) is 0 Å². The van der Waals surface area contributed by atoms with E-state index in [9.17, 15) is 23.5 Å². The minimum atomic E-state index is -3.00. The molecule has 0 bridgehead atoms. The molecule has 1 aliphatic carbocycles. The molecule has 10 heteroatoms. The summed E-state index contributed by atoms with van der Waals surface area (Å²) in [4.78, 5) is 24.2. The first-order valence-electron chi connectivity index (χ1n) is 11.0. The molecule has 1 unspecified atom stereocenters. The maximum Gasteiger partial charge on any atom is 0.407 e. The number of alkyl halides is 2. The van der Waals surface area contributed by atoms with Gasteiger partial charge in [-0.25, -0.2) is 9.59 Å². The van der Waals surface area contributed by atoms with Crippen molar-refractivity contribution in [3.05, 3.63) is 88.4 Å². The smallest absolute Gasteiger partial charge is 0.407 e. The quantitative estimate of drug-likeness (QED) is 0.324. The number of aliphatic carboxylic acids is 1. The number of amides is 1. The number of rotatable bonds is 10. The third-order valence-corrected chi connectivity index (χ3v) is 7.03. The number of thioether (sulfide) groups is 1. The first-order chi connectivity index (χ1) is 17.3. The van der Waals surface area contributed by atoms with Crippen LogP contribution in [0.15, 0.2) is 66.7 Å². The van der Waals surface area contributed by atoms with E-state index in [-0.39, 0.29) is 29.8 Å². The average Bonchev–Trinajstić information content (AvgIpc) is 3.17. The van der Waals surface area contributed by atoms with Gasteiger partial charge < -0.3 is 19.9 Å². The second-order valence-electron chi connectivity index (χ2n) is 8.01. The average molecular weight is 534 g/mol. The summed E-state index contributed by atoms with van der Waals surface area (Å²) in [7, 11) is 0. The Morgan fingerprint density at radius 1 is 1.03 bits per heavy atom. The highest BCUT2D eigenvalue weighted by Crippen LogP contribution is 2.44. The summed E-state index contributed by atoms with van der Waals surface area (Å²) in [5, 5.41) is 12.3. The lowest BCUT2D eigenvalue weighted by Crippen LogP contribution is -2.43. The summed E-state index contributed by atoms with van der Waals surface area (Å²) >= 11 is 7.07. The second kappa shape index (κ2) is 11.6. The number of fused-ring (bicyclic) bond motifs is 3. The highest BCUT2D eigenvalue weighted by molar-refractivity contribution is 7.98. The van der Waals surface area contributed by atoms with Crippen molar-refractivity contribution in [1.29, 1.82) is 0 Å². The van der Waals surface area contributed by atoms with Gasteiger partial charge in [0.05, 0.1) is 0 Å². The largest absolute Gasteiger partial charge is 0.480 e. The Morgan fingerprint density at radius 2 is 1.67 bits per heavy atom. The van der Waals surface area contributed by atoms with E-state index in [0.29, 0.717) is 10.6 Å². The molecule has 4 rings (SSSR count). The van der Waals surface area contributed by atoms with E-state index < -0.39 is 24.7 Å². The number of alkyl carbamates (subject to hydrolysis) is 1. The number of carbonyl (C=O) groups is 2. The molecule has 0 fully saturated rings. The van der Waals surface area contributed by atoms with Gasteiger partial charge in [-0.3, -0.25) is 0 Å². The Morgan fingerprint density at radius 3 is 2.28 bits per heavy atom. The van der Waals surface area contributed by atoms with Gasteiger partial charge in [-0.05, 0) is 40.5 Å². The topological polar surface area (TPSA) is 84.9 Å². The first-order valence-corrected chi connectivity index (χ1v) is 12.5. The lowest BCUT2D eigenvalue weighted by molar-refractivity contribution is -0.138. The third-order valence-electron chi connectivity index (χ3n) is 5.71. The molecule has 0 heterocycles. The van der Waals surface area contributed by atoms with Crippen LogP contribution in [0.1, 0.15) is 22.6 Å². The van der Waals surface area contributed by atoms with Crippen molar-refractivity contribution in [1.82, 2.24) is 5.32 Å². The van der Waals surface area contributed by atoms with Crippen molar-refractivity contribution >= 4 is 35.4 Å². The van der Waals surface area contributed by atoms with Gasteiger partial charge in [0.15, 0.2) is 0 Å². The number of hydrogen-bond donors (Lipinski definition) is 2. The van der Waals surface area contributed by atoms with E-state index in [1.165, 1.54) is 18.2 Å². The van der Waals surface area contributed by atoms with Crippen LogP contribution in [0.25, 0.3) is 11.1 Å². The van der Waals surface area contributed by atoms with Crippen LogP contribution in [0.3, 0.4) is 0 Å². The van der Waals surface area contributed by atoms with Gasteiger partial charge in [-0.2, -0.15) is 20.5 Å². The molecule has 0 aromatic heterocycles. The van der Waals surface area contributed by atoms with Crippen molar-refractivity contribution in [3.8, 4) is 16.9 Å². The molecule has 1 aliphatic rings. The predicted octanol–water partition coefficient (Wildman–Crippen LogP) is 6.17. The molecule has 1 amide bonds. The fourth-order valence-corrected chi connectivity index (χ4v) is 5.34. The number of benzene rings is 3. The number of nitrogens with one attached hydrogen (secondary N) is 1. The minimum Gasteiger partial charge on any atom is -0.480 e. The maximum absolute atomic E-state index is 12.6. The highest BCUT2D eigenvalue weighted by atomic mass is 35.5. The van der Waals surface area contributed by atoms with Crippen molar-refractivity contribution in [2.24, 2.45) is 0 Å². The molecule has 188 valence electrons. The van der Waals surface area contributed by atoms with E-state index in [4.69, 9.17) is 16.3 Å². The van der Waals surface area contributed by atoms with Crippen LogP contribution in [-0.2, 0) is 15.3 Å². The Bertz CT molecular complexity index is 1210. The molecular formula is C26H22ClF2NO5S. The van der Waals surface area contributed by atoms with Gasteiger partial charge in [0.2, 0.25) is 0 Å². The van der Waals surface area contributed by atoms with Crippen molar-refractivity contribution in [2.45, 2.75) is 24.3 Å². The molecule has 1 atom stereocenters. The lowest BCUT2D eigenvalue weighted by Gasteiger charge is -2.17. The van der Waals surface area contributed by atoms with Crippen LogP contribution in [0.2, 0.25) is 5.02 Å². The zero-order valence-corrected chi connectivity index (χ0v) is 20.4. The summed E-state index contributed by atoms with van der Waals surface area (Å²) in [6, 6.07) is 18.7. The van der Waals surface area contributed by atoms with Crippen LogP contribution in [0.4, 0.5) is 13.6 Å². The normalized spacial score (nSPS) is 13.1. The molecule has 0 spiro atoms. The lowest BCUT2D eigenvalue weighted by atomic mass is 9.98. The molecule has 36 heavy (non-hydrogen) atoms. The number of halogens is 3. The number of carboxylic acid groups (broad SMARTS) is 1. The predicted molar refractivity (Wildman–Crippen MR) is 134 cm³/mol. The van der Waals surface area contributed by atoms with Gasteiger partial charge in [-0.1, -0.05) is 60.1 Å². The van der Waals surface area contributed by atoms with E-state index >= 15 is 0 Å². The maximum atomic E-state index is 12.6. The minimum absolute atomic E-state index is 0.0276. The fraction of sp³-hybridized carbons (Fsp3) is 0.231. The summed E-state index contributed by atoms with van der Waals surface area (Å²) < 4.78 is 35.2. The van der Waals surface area contributed by atoms with E-state index in [0.717, 1.165) is 34.0 Å². The molecule has 2 N–H and O–H groups in total. The molecule has 0 saturated carbocycles. The van der Waals surface area contributed by atoms with Crippen LogP contribution < -0.4 is 10.1 Å². The van der Waals surface area contributed by atoms with E-state index in [2.05, 4.69) is 10.1 Å². The molecule has 6 nitrogen and oxygen atoms in total. The summed E-state index contributed by atoms with van der Waals surface area (Å²) in [5.41, 5.74) is 4.63. The Hall–Kier alpha value is -3.30. The van der Waals surface area contributed by atoms with Crippen molar-refractivity contribution < 1.29 is 33.0 Å². The second-order valence-corrected chi connectivity index (χ2v) is 9.47. The van der Waals surface area contributed by atoms with Crippen molar-refractivity contribution in [3.63, 3.8) is 0 Å². The van der Waals surface area contributed by atoms with E-state index in [1.54, 1.807) is 0 Å². The van der Waals surface area contributed by atoms with Crippen LogP contribution >= 0.6 is 23.4 Å². The van der Waals surface area contributed by atoms with E-state index in [1.807, 2.05) is 48.5 Å². The standard InChI is InChI=1S/C26H22ClF2NO5S/c27-16-9-10-23(35-25(28)29)15(11-16)13-36-14-22(24(31)32)30-26(33)34-12-21-19-7-3-1-5-17(19)18-6-2-4-8-20(18)21/h1-11,21-22,25H,12-14H2,(H,30,33)(H,31,32). The monoisotopic (exact) mass is 533 g/mol. The summed E-state index contributed by atoms with van der Waals surface area (Å²) in [6.45, 7) is -2.95. The van der Waals surface area contributed by atoms with Crippen LogP contribution in [0.5, 0.6) is 5.75 Å². The zero-order valence-electron chi connectivity index (χ0n) is 18.8. The van der Waals surface area contributed by atoms with Gasteiger partial charge in [-0.15, -0.1) is 0 Å². The number of hydrogen-bond acceptors (Lipinski definition) is 5. The molecule has 0 radical (unpaired) electrons. The zero-order chi connectivity index (χ0) is 25.7. The summed E-state index contributed by atoms with van der Waals surface area (Å²) in [5.74, 6) is -1.32. The van der Waals surface area contributed by atoms with Gasteiger partial charge in [0, 0.05) is 28.0 Å². The third kappa shape index (κ3) is 6.09. The van der Waals surface area contributed by atoms with Crippen molar-refractivity contribution in [2.75, 3.05) is 12.4 Å². The molecule has 0 saturated heterocycles. The molecular weight excluding hydrogens is 512 g/mol. The Labute approximate surface area is 215 Å². The highest BCUT2D eigenvalue weighted by Gasteiger charge is 2.29. The summed E-state index contributed by atoms with van der Waals surface area (Å²) in [6.07, 6.45) is -0.852. The SMILES string of the molecule is O=C(NC(CSCc1cc(Cl)ccc1OC(F)F)C(=O)O)OCC1c2ccccc2-c2ccccc21. The van der Waals surface area contributed by atoms with Gasteiger partial charge in [0.25, 0.3) is 0 Å².